The summed E-state index contributed by atoms with van der Waals surface area (Å²) in [6, 6.07) is 21.0. The van der Waals surface area contributed by atoms with Crippen molar-refractivity contribution in [3.8, 4) is 11.8 Å². The lowest BCUT2D eigenvalue weighted by Crippen LogP contribution is -2.02. The molecule has 2 atom stereocenters. The molecule has 2 unspecified atom stereocenters. The van der Waals surface area contributed by atoms with Gasteiger partial charge in [-0.15, -0.1) is 0 Å². The lowest BCUT2D eigenvalue weighted by molar-refractivity contribution is 0.358. The number of rotatable bonds is 5. The Hall–Kier alpha value is -2.94. The fourth-order valence-corrected chi connectivity index (χ4v) is 5.17. The number of aromatic nitrogens is 1. The molecule has 2 N–H and O–H groups in total. The lowest BCUT2D eigenvalue weighted by Gasteiger charge is -2.21. The maximum Gasteiger partial charge on any atom is 0.198 e. The van der Waals surface area contributed by atoms with E-state index in [0.717, 1.165) is 30.4 Å². The Morgan fingerprint density at radius 1 is 0.786 bits per heavy atom. The zero-order chi connectivity index (χ0) is 19.3. The monoisotopic (exact) mass is 371 g/mol. The second kappa shape index (κ2) is 6.59. The van der Waals surface area contributed by atoms with Gasteiger partial charge in [0.15, 0.2) is 11.8 Å². The van der Waals surface area contributed by atoms with E-state index in [0.29, 0.717) is 6.54 Å². The van der Waals surface area contributed by atoms with Gasteiger partial charge in [0.05, 0.1) is 0 Å². The SMILES string of the molecule is CCCCn1c(O)c2c(c1O)C1CC2C(c2ccccc2)=C1c1ccccc1. The first kappa shape index (κ1) is 17.2. The summed E-state index contributed by atoms with van der Waals surface area (Å²) in [5.74, 6) is 0.778. The molecule has 0 saturated heterocycles. The van der Waals surface area contributed by atoms with Crippen LogP contribution in [-0.4, -0.2) is 14.8 Å². The van der Waals surface area contributed by atoms with E-state index in [1.165, 1.54) is 22.3 Å². The lowest BCUT2D eigenvalue weighted by atomic mass is 9.81. The normalized spacial score (nSPS) is 20.0. The summed E-state index contributed by atoms with van der Waals surface area (Å²) in [7, 11) is 0. The van der Waals surface area contributed by atoms with E-state index in [1.54, 1.807) is 4.57 Å². The third-order valence-corrected chi connectivity index (χ3v) is 6.34. The Kier molecular flexibility index (Phi) is 4.04. The third kappa shape index (κ3) is 2.35. The number of fused-ring (bicyclic) bond motifs is 5. The largest absolute Gasteiger partial charge is 0.494 e. The zero-order valence-corrected chi connectivity index (χ0v) is 16.1. The van der Waals surface area contributed by atoms with Crippen molar-refractivity contribution >= 4 is 11.1 Å². The van der Waals surface area contributed by atoms with E-state index in [1.807, 2.05) is 12.1 Å². The predicted molar refractivity (Wildman–Crippen MR) is 112 cm³/mol. The Morgan fingerprint density at radius 3 is 1.68 bits per heavy atom. The Labute approximate surface area is 165 Å². The minimum Gasteiger partial charge on any atom is -0.494 e. The molecule has 0 saturated carbocycles. The van der Waals surface area contributed by atoms with Crippen LogP contribution in [0.2, 0.25) is 0 Å². The Bertz CT molecular complexity index is 968. The van der Waals surface area contributed by atoms with E-state index >= 15 is 0 Å². The van der Waals surface area contributed by atoms with Gasteiger partial charge in [-0.1, -0.05) is 74.0 Å². The van der Waals surface area contributed by atoms with Crippen LogP contribution in [-0.2, 0) is 6.54 Å². The van der Waals surface area contributed by atoms with Crippen molar-refractivity contribution in [2.75, 3.05) is 0 Å². The molecule has 0 spiro atoms. The molecule has 0 amide bonds. The Morgan fingerprint density at radius 2 is 1.25 bits per heavy atom. The molecule has 28 heavy (non-hydrogen) atoms. The van der Waals surface area contributed by atoms with E-state index in [-0.39, 0.29) is 23.6 Å². The van der Waals surface area contributed by atoms with Gasteiger partial charge in [-0.05, 0) is 35.1 Å². The number of aromatic hydroxyl groups is 2. The first-order chi connectivity index (χ1) is 13.7. The van der Waals surface area contributed by atoms with Gasteiger partial charge >= 0.3 is 0 Å². The van der Waals surface area contributed by atoms with E-state index < -0.39 is 0 Å². The molecule has 2 aliphatic carbocycles. The molecule has 0 radical (unpaired) electrons. The molecule has 0 aliphatic heterocycles. The van der Waals surface area contributed by atoms with Crippen LogP contribution < -0.4 is 0 Å². The van der Waals surface area contributed by atoms with Crippen LogP contribution in [0.5, 0.6) is 11.8 Å². The minimum atomic E-state index is 0.131. The molecule has 1 heterocycles. The molecule has 2 aromatic carbocycles. The van der Waals surface area contributed by atoms with Crippen LogP contribution >= 0.6 is 0 Å². The maximum absolute atomic E-state index is 11.0. The van der Waals surface area contributed by atoms with Crippen molar-refractivity contribution in [2.24, 2.45) is 0 Å². The number of benzene rings is 2. The molecule has 5 rings (SSSR count). The Balaban J connectivity index is 1.71. The summed E-state index contributed by atoms with van der Waals surface area (Å²) in [6.07, 6.45) is 2.89. The van der Waals surface area contributed by atoms with E-state index in [4.69, 9.17) is 0 Å². The molecule has 2 aliphatic rings. The van der Waals surface area contributed by atoms with Crippen LogP contribution in [0.4, 0.5) is 0 Å². The first-order valence-electron chi connectivity index (χ1n) is 10.2. The number of allylic oxidation sites excluding steroid dienone is 2. The zero-order valence-electron chi connectivity index (χ0n) is 16.1. The van der Waals surface area contributed by atoms with Crippen molar-refractivity contribution in [1.82, 2.24) is 4.57 Å². The summed E-state index contributed by atoms with van der Waals surface area (Å²) >= 11 is 0. The van der Waals surface area contributed by atoms with Crippen LogP contribution in [0.15, 0.2) is 60.7 Å². The highest BCUT2D eigenvalue weighted by atomic mass is 16.3. The van der Waals surface area contributed by atoms with Gasteiger partial charge in [-0.25, -0.2) is 0 Å². The predicted octanol–water partition coefficient (Wildman–Crippen LogP) is 5.89. The van der Waals surface area contributed by atoms with Gasteiger partial charge in [-0.3, -0.25) is 4.57 Å². The first-order valence-corrected chi connectivity index (χ1v) is 10.2. The van der Waals surface area contributed by atoms with Crippen molar-refractivity contribution < 1.29 is 10.2 Å². The highest BCUT2D eigenvalue weighted by Gasteiger charge is 2.49. The molecule has 3 nitrogen and oxygen atoms in total. The summed E-state index contributed by atoms with van der Waals surface area (Å²) in [5.41, 5.74) is 6.90. The number of hydrogen-bond acceptors (Lipinski definition) is 2. The smallest absolute Gasteiger partial charge is 0.198 e. The van der Waals surface area contributed by atoms with Gasteiger partial charge in [0.25, 0.3) is 0 Å². The van der Waals surface area contributed by atoms with Gasteiger partial charge < -0.3 is 10.2 Å². The summed E-state index contributed by atoms with van der Waals surface area (Å²) in [4.78, 5) is 0. The van der Waals surface area contributed by atoms with E-state index in [9.17, 15) is 10.2 Å². The molecule has 0 fully saturated rings. The molecule has 3 aromatic rings. The standard InChI is InChI=1S/C25H25NO2/c1-2-3-14-26-24(27)22-18-15-19(23(22)25(26)28)21(17-12-8-5-9-13-17)20(18)16-10-6-4-7-11-16/h4-13,18-19,27-28H,2-3,14-15H2,1H3. The number of nitrogens with zero attached hydrogens (tertiary/aromatic N) is 1. The van der Waals surface area contributed by atoms with Gasteiger partial charge in [0, 0.05) is 29.5 Å². The molecular formula is C25H25NO2. The van der Waals surface area contributed by atoms with Crippen LogP contribution in [0, 0.1) is 0 Å². The molecule has 3 heteroatoms. The quantitative estimate of drug-likeness (QED) is 0.587. The van der Waals surface area contributed by atoms with Gasteiger partial charge in [-0.2, -0.15) is 0 Å². The molecule has 1 aromatic heterocycles. The fraction of sp³-hybridized carbons (Fsp3) is 0.280. The number of hydrogen-bond donors (Lipinski definition) is 2. The average molecular weight is 371 g/mol. The van der Waals surface area contributed by atoms with Crippen molar-refractivity contribution in [2.45, 2.75) is 44.6 Å². The highest BCUT2D eigenvalue weighted by molar-refractivity contribution is 6.02. The molecule has 142 valence electrons. The van der Waals surface area contributed by atoms with Crippen LogP contribution in [0.3, 0.4) is 0 Å². The average Bonchev–Trinajstić information content (AvgIpc) is 3.38. The third-order valence-electron chi connectivity index (χ3n) is 6.34. The second-order valence-corrected chi connectivity index (χ2v) is 7.88. The molecule has 2 bridgehead atoms. The van der Waals surface area contributed by atoms with Crippen molar-refractivity contribution in [1.29, 1.82) is 0 Å². The summed E-state index contributed by atoms with van der Waals surface area (Å²) in [6.45, 7) is 2.78. The number of unbranched alkanes of at least 4 members (excludes halogenated alkanes) is 1. The summed E-state index contributed by atoms with van der Waals surface area (Å²) in [5, 5.41) is 22.0. The van der Waals surface area contributed by atoms with Gasteiger partial charge in [0.2, 0.25) is 0 Å². The van der Waals surface area contributed by atoms with Crippen molar-refractivity contribution in [3.05, 3.63) is 82.9 Å². The minimum absolute atomic E-state index is 0.131. The van der Waals surface area contributed by atoms with E-state index in [2.05, 4.69) is 55.5 Å². The van der Waals surface area contributed by atoms with Crippen LogP contribution in [0.1, 0.15) is 60.3 Å². The maximum atomic E-state index is 11.0. The van der Waals surface area contributed by atoms with Crippen LogP contribution in [0.25, 0.3) is 11.1 Å². The van der Waals surface area contributed by atoms with Crippen molar-refractivity contribution in [3.63, 3.8) is 0 Å². The highest BCUT2D eigenvalue weighted by Crippen LogP contribution is 2.66. The van der Waals surface area contributed by atoms with Gasteiger partial charge in [0.1, 0.15) is 0 Å². The second-order valence-electron chi connectivity index (χ2n) is 7.88. The summed E-state index contributed by atoms with van der Waals surface area (Å²) < 4.78 is 1.71. The topological polar surface area (TPSA) is 45.4 Å². The molecular weight excluding hydrogens is 346 g/mol. The fourth-order valence-electron chi connectivity index (χ4n) is 5.17.